The van der Waals surface area contributed by atoms with Crippen LogP contribution in [0.5, 0.6) is 0 Å². The molecule has 0 saturated heterocycles. The van der Waals surface area contributed by atoms with Crippen molar-refractivity contribution in [1.82, 2.24) is 24.8 Å². The van der Waals surface area contributed by atoms with E-state index in [9.17, 15) is 4.79 Å². The Morgan fingerprint density at radius 3 is 2.69 bits per heavy atom. The van der Waals surface area contributed by atoms with Crippen molar-refractivity contribution in [2.75, 3.05) is 5.32 Å². The van der Waals surface area contributed by atoms with Crippen LogP contribution in [0.2, 0.25) is 0 Å². The van der Waals surface area contributed by atoms with Crippen molar-refractivity contribution in [3.05, 3.63) is 60.9 Å². The van der Waals surface area contributed by atoms with Gasteiger partial charge in [0.15, 0.2) is 11.5 Å². The van der Waals surface area contributed by atoms with E-state index in [1.807, 2.05) is 55.5 Å². The van der Waals surface area contributed by atoms with E-state index in [1.54, 1.807) is 16.9 Å². The summed E-state index contributed by atoms with van der Waals surface area (Å²) in [6.45, 7) is 1.82. The highest BCUT2D eigenvalue weighted by molar-refractivity contribution is 5.91. The van der Waals surface area contributed by atoms with Crippen molar-refractivity contribution < 1.29 is 4.79 Å². The minimum atomic E-state index is -0.0238. The first kappa shape index (κ1) is 15.9. The van der Waals surface area contributed by atoms with Gasteiger partial charge in [-0.25, -0.2) is 0 Å². The summed E-state index contributed by atoms with van der Waals surface area (Å²) in [5.41, 5.74) is 3.96. The average molecular weight is 344 g/mol. The molecule has 26 heavy (non-hydrogen) atoms. The Morgan fingerprint density at radius 1 is 1.04 bits per heavy atom. The standard InChI is InChI=1S/C19H16N6O/c1-2-18(26)21-15-5-3-4-14(12-15)16-6-7-17-22-23-19(25(17)24-16)13-8-10-20-11-9-13/h3-12H,2H2,1H3,(H,21,26). The fourth-order valence-corrected chi connectivity index (χ4v) is 2.63. The number of carbonyl (C=O) groups is 1. The van der Waals surface area contributed by atoms with Crippen LogP contribution in [0.25, 0.3) is 28.3 Å². The second-order valence-corrected chi connectivity index (χ2v) is 5.73. The van der Waals surface area contributed by atoms with Gasteiger partial charge in [-0.3, -0.25) is 9.78 Å². The summed E-state index contributed by atoms with van der Waals surface area (Å²) < 4.78 is 1.71. The van der Waals surface area contributed by atoms with Crippen LogP contribution in [-0.2, 0) is 4.79 Å². The van der Waals surface area contributed by atoms with Gasteiger partial charge in [0.25, 0.3) is 0 Å². The third-order valence-corrected chi connectivity index (χ3v) is 3.96. The SMILES string of the molecule is CCC(=O)Nc1cccc(-c2ccc3nnc(-c4ccncc4)n3n2)c1. The number of benzene rings is 1. The fourth-order valence-electron chi connectivity index (χ4n) is 2.63. The summed E-state index contributed by atoms with van der Waals surface area (Å²) in [6.07, 6.45) is 3.85. The number of aromatic nitrogens is 5. The normalized spacial score (nSPS) is 10.8. The van der Waals surface area contributed by atoms with Crippen molar-refractivity contribution in [1.29, 1.82) is 0 Å². The molecule has 128 valence electrons. The molecule has 1 N–H and O–H groups in total. The molecule has 0 spiro atoms. The van der Waals surface area contributed by atoms with Gasteiger partial charge in [-0.2, -0.15) is 9.61 Å². The predicted octanol–water partition coefficient (Wildman–Crippen LogP) is 3.20. The third-order valence-electron chi connectivity index (χ3n) is 3.96. The van der Waals surface area contributed by atoms with Gasteiger partial charge in [0.1, 0.15) is 0 Å². The number of nitrogens with one attached hydrogen (secondary N) is 1. The molecule has 0 saturated carbocycles. The van der Waals surface area contributed by atoms with Crippen LogP contribution >= 0.6 is 0 Å². The van der Waals surface area contributed by atoms with Crippen LogP contribution in [0.3, 0.4) is 0 Å². The zero-order chi connectivity index (χ0) is 17.9. The number of pyridine rings is 1. The molecule has 0 aliphatic heterocycles. The molecule has 7 nitrogen and oxygen atoms in total. The summed E-state index contributed by atoms with van der Waals surface area (Å²) in [5, 5.41) is 16.0. The number of anilines is 1. The lowest BCUT2D eigenvalue weighted by molar-refractivity contribution is -0.115. The molecule has 7 heteroatoms. The molecule has 1 amide bonds. The Labute approximate surface area is 149 Å². The molecule has 1 aromatic carbocycles. The van der Waals surface area contributed by atoms with E-state index >= 15 is 0 Å². The first-order chi connectivity index (χ1) is 12.7. The first-order valence-electron chi connectivity index (χ1n) is 8.28. The average Bonchev–Trinajstić information content (AvgIpc) is 3.12. The van der Waals surface area contributed by atoms with Crippen LogP contribution in [0.4, 0.5) is 5.69 Å². The van der Waals surface area contributed by atoms with Gasteiger partial charge in [0, 0.05) is 35.6 Å². The Bertz CT molecular complexity index is 1070. The van der Waals surface area contributed by atoms with E-state index in [2.05, 4.69) is 25.6 Å². The number of hydrogen-bond acceptors (Lipinski definition) is 5. The van der Waals surface area contributed by atoms with Crippen LogP contribution in [0.15, 0.2) is 60.9 Å². The number of rotatable bonds is 4. The number of nitrogens with zero attached hydrogens (tertiary/aromatic N) is 5. The summed E-state index contributed by atoms with van der Waals surface area (Å²) in [5.74, 6) is 0.629. The molecule has 0 aliphatic rings. The molecule has 0 radical (unpaired) electrons. The molecule has 3 aromatic heterocycles. The maximum Gasteiger partial charge on any atom is 0.224 e. The molecule has 0 aliphatic carbocycles. The number of amides is 1. The van der Waals surface area contributed by atoms with Gasteiger partial charge in [-0.1, -0.05) is 19.1 Å². The molecule has 0 atom stereocenters. The molecule has 0 bridgehead atoms. The highest BCUT2D eigenvalue weighted by atomic mass is 16.1. The first-order valence-corrected chi connectivity index (χ1v) is 8.28. The summed E-state index contributed by atoms with van der Waals surface area (Å²) in [7, 11) is 0. The molecule has 0 unspecified atom stereocenters. The smallest absolute Gasteiger partial charge is 0.224 e. The Kier molecular flexibility index (Phi) is 4.10. The Morgan fingerprint density at radius 2 is 1.88 bits per heavy atom. The Balaban J connectivity index is 1.76. The second kappa shape index (κ2) is 6.72. The van der Waals surface area contributed by atoms with Crippen LogP contribution in [0.1, 0.15) is 13.3 Å². The number of hydrogen-bond donors (Lipinski definition) is 1. The minimum absolute atomic E-state index is 0.0238. The summed E-state index contributed by atoms with van der Waals surface area (Å²) >= 11 is 0. The van der Waals surface area contributed by atoms with Gasteiger partial charge in [0.2, 0.25) is 5.91 Å². The van der Waals surface area contributed by atoms with Gasteiger partial charge >= 0.3 is 0 Å². The topological polar surface area (TPSA) is 85.1 Å². The van der Waals surface area contributed by atoms with Gasteiger partial charge in [-0.15, -0.1) is 10.2 Å². The zero-order valence-corrected chi connectivity index (χ0v) is 14.1. The van der Waals surface area contributed by atoms with Crippen molar-refractivity contribution in [2.45, 2.75) is 13.3 Å². The Hall–Kier alpha value is -3.61. The van der Waals surface area contributed by atoms with Gasteiger partial charge in [-0.05, 0) is 36.4 Å². The van der Waals surface area contributed by atoms with Crippen molar-refractivity contribution >= 4 is 17.2 Å². The van der Waals surface area contributed by atoms with Crippen LogP contribution in [-0.4, -0.2) is 30.7 Å². The lowest BCUT2D eigenvalue weighted by atomic mass is 10.1. The lowest BCUT2D eigenvalue weighted by Gasteiger charge is -2.07. The minimum Gasteiger partial charge on any atom is -0.326 e. The van der Waals surface area contributed by atoms with Gasteiger partial charge in [0.05, 0.1) is 5.69 Å². The van der Waals surface area contributed by atoms with E-state index in [1.165, 1.54) is 0 Å². The van der Waals surface area contributed by atoms with Crippen LogP contribution in [0, 0.1) is 0 Å². The highest BCUT2D eigenvalue weighted by Gasteiger charge is 2.11. The third kappa shape index (κ3) is 3.02. The van der Waals surface area contributed by atoms with E-state index in [0.717, 1.165) is 22.5 Å². The highest BCUT2D eigenvalue weighted by Crippen LogP contribution is 2.23. The molecule has 4 rings (SSSR count). The number of fused-ring (bicyclic) bond motifs is 1. The van der Waals surface area contributed by atoms with E-state index in [0.29, 0.717) is 17.9 Å². The maximum absolute atomic E-state index is 11.6. The second-order valence-electron chi connectivity index (χ2n) is 5.73. The van der Waals surface area contributed by atoms with Crippen molar-refractivity contribution in [2.24, 2.45) is 0 Å². The largest absolute Gasteiger partial charge is 0.326 e. The molecular formula is C19H16N6O. The lowest BCUT2D eigenvalue weighted by Crippen LogP contribution is -2.09. The quantitative estimate of drug-likeness (QED) is 0.614. The number of carbonyl (C=O) groups excluding carboxylic acids is 1. The summed E-state index contributed by atoms with van der Waals surface area (Å²) in [6, 6.07) is 15.1. The van der Waals surface area contributed by atoms with Crippen molar-refractivity contribution in [3.63, 3.8) is 0 Å². The van der Waals surface area contributed by atoms with E-state index < -0.39 is 0 Å². The van der Waals surface area contributed by atoms with E-state index in [4.69, 9.17) is 0 Å². The predicted molar refractivity (Wildman–Crippen MR) is 98.4 cm³/mol. The van der Waals surface area contributed by atoms with Crippen LogP contribution < -0.4 is 5.32 Å². The molecular weight excluding hydrogens is 328 g/mol. The monoisotopic (exact) mass is 344 g/mol. The molecule has 3 heterocycles. The fraction of sp³-hybridized carbons (Fsp3) is 0.105. The summed E-state index contributed by atoms with van der Waals surface area (Å²) in [4.78, 5) is 15.6. The maximum atomic E-state index is 11.6. The van der Waals surface area contributed by atoms with Crippen molar-refractivity contribution in [3.8, 4) is 22.6 Å². The van der Waals surface area contributed by atoms with Gasteiger partial charge < -0.3 is 5.32 Å². The van der Waals surface area contributed by atoms with E-state index in [-0.39, 0.29) is 5.91 Å². The molecule has 4 aromatic rings. The molecule has 0 fully saturated rings. The zero-order valence-electron chi connectivity index (χ0n) is 14.1.